The molecule has 1 N–H and O–H groups in total. The largest absolute Gasteiger partial charge is 0.496 e. The van der Waals surface area contributed by atoms with Crippen molar-refractivity contribution in [3.63, 3.8) is 0 Å². The summed E-state index contributed by atoms with van der Waals surface area (Å²) in [5.41, 5.74) is 3.45. The third-order valence-electron chi connectivity index (χ3n) is 3.65. The van der Waals surface area contributed by atoms with Crippen molar-refractivity contribution in [1.29, 1.82) is 0 Å². The van der Waals surface area contributed by atoms with Crippen molar-refractivity contribution < 1.29 is 9.13 Å². The van der Waals surface area contributed by atoms with Gasteiger partial charge in [0.2, 0.25) is 0 Å². The van der Waals surface area contributed by atoms with Gasteiger partial charge in [0.25, 0.3) is 0 Å². The average molecular weight is 287 g/mol. The van der Waals surface area contributed by atoms with Crippen LogP contribution in [0, 0.1) is 19.7 Å². The highest BCUT2D eigenvalue weighted by atomic mass is 19.1. The second kappa shape index (κ2) is 6.72. The van der Waals surface area contributed by atoms with Crippen LogP contribution in [0.2, 0.25) is 0 Å². The van der Waals surface area contributed by atoms with Crippen LogP contribution in [0.15, 0.2) is 36.4 Å². The molecular formula is C18H22FNO. The Morgan fingerprint density at radius 3 is 2.33 bits per heavy atom. The van der Waals surface area contributed by atoms with Crippen LogP contribution in [0.5, 0.6) is 5.75 Å². The lowest BCUT2D eigenvalue weighted by molar-refractivity contribution is 0.404. The summed E-state index contributed by atoms with van der Waals surface area (Å²) in [4.78, 5) is 0. The highest BCUT2D eigenvalue weighted by molar-refractivity contribution is 5.43. The first-order valence-corrected chi connectivity index (χ1v) is 7.21. The highest BCUT2D eigenvalue weighted by Crippen LogP contribution is 2.31. The zero-order valence-corrected chi connectivity index (χ0v) is 13.0. The second-order valence-corrected chi connectivity index (χ2v) is 5.20. The number of benzene rings is 2. The predicted molar refractivity (Wildman–Crippen MR) is 84.4 cm³/mol. The molecule has 2 aromatic carbocycles. The Morgan fingerprint density at radius 2 is 1.76 bits per heavy atom. The summed E-state index contributed by atoms with van der Waals surface area (Å²) in [7, 11) is 1.67. The van der Waals surface area contributed by atoms with Gasteiger partial charge in [-0.05, 0) is 43.1 Å². The second-order valence-electron chi connectivity index (χ2n) is 5.20. The topological polar surface area (TPSA) is 21.3 Å². The molecule has 0 aliphatic carbocycles. The van der Waals surface area contributed by atoms with Gasteiger partial charge < -0.3 is 10.1 Å². The number of hydrogen-bond acceptors (Lipinski definition) is 2. The Labute approximate surface area is 126 Å². The average Bonchev–Trinajstić information content (AvgIpc) is 2.49. The molecule has 0 aliphatic rings. The smallest absolute Gasteiger partial charge is 0.129 e. The van der Waals surface area contributed by atoms with Crippen LogP contribution in [0.3, 0.4) is 0 Å². The van der Waals surface area contributed by atoms with Crippen LogP contribution in [-0.4, -0.2) is 13.7 Å². The van der Waals surface area contributed by atoms with E-state index in [2.05, 4.69) is 12.2 Å². The lowest BCUT2D eigenvalue weighted by Gasteiger charge is -2.22. The monoisotopic (exact) mass is 287 g/mol. The molecule has 1 unspecified atom stereocenters. The van der Waals surface area contributed by atoms with Gasteiger partial charge in [-0.15, -0.1) is 0 Å². The van der Waals surface area contributed by atoms with Crippen molar-refractivity contribution in [3.05, 3.63) is 64.5 Å². The molecule has 2 nitrogen and oxygen atoms in total. The zero-order valence-electron chi connectivity index (χ0n) is 13.0. The van der Waals surface area contributed by atoms with E-state index in [0.717, 1.165) is 23.4 Å². The van der Waals surface area contributed by atoms with Crippen molar-refractivity contribution in [1.82, 2.24) is 5.32 Å². The van der Waals surface area contributed by atoms with Gasteiger partial charge in [-0.1, -0.05) is 37.3 Å². The highest BCUT2D eigenvalue weighted by Gasteiger charge is 2.18. The number of methoxy groups -OCH3 is 1. The maximum absolute atomic E-state index is 13.9. The SMILES string of the molecule is CCNC(c1cc(C)c(F)c(C)c1)c1ccccc1OC. The lowest BCUT2D eigenvalue weighted by atomic mass is 9.94. The molecule has 0 bridgehead atoms. The number of nitrogens with one attached hydrogen (secondary N) is 1. The first kappa shape index (κ1) is 15.5. The van der Waals surface area contributed by atoms with Gasteiger partial charge in [-0.2, -0.15) is 0 Å². The van der Waals surface area contributed by atoms with Gasteiger partial charge >= 0.3 is 0 Å². The summed E-state index contributed by atoms with van der Waals surface area (Å²) in [5, 5.41) is 3.46. The van der Waals surface area contributed by atoms with E-state index in [1.54, 1.807) is 21.0 Å². The fraction of sp³-hybridized carbons (Fsp3) is 0.333. The number of aryl methyl sites for hydroxylation is 2. The molecule has 0 saturated heterocycles. The Balaban J connectivity index is 2.53. The standard InChI is InChI=1S/C18H22FNO/c1-5-20-18(15-8-6-7-9-16(15)21-4)14-10-12(2)17(19)13(3)11-14/h6-11,18,20H,5H2,1-4H3. The first-order valence-electron chi connectivity index (χ1n) is 7.21. The quantitative estimate of drug-likeness (QED) is 0.892. The molecule has 2 rings (SSSR count). The maximum Gasteiger partial charge on any atom is 0.129 e. The molecule has 0 radical (unpaired) electrons. The van der Waals surface area contributed by atoms with Gasteiger partial charge in [-0.25, -0.2) is 4.39 Å². The first-order chi connectivity index (χ1) is 10.1. The van der Waals surface area contributed by atoms with Crippen LogP contribution < -0.4 is 10.1 Å². The molecule has 0 saturated carbocycles. The normalized spacial score (nSPS) is 12.2. The minimum Gasteiger partial charge on any atom is -0.496 e. The number of halogens is 1. The maximum atomic E-state index is 13.9. The Morgan fingerprint density at radius 1 is 1.14 bits per heavy atom. The van der Waals surface area contributed by atoms with E-state index in [4.69, 9.17) is 4.74 Å². The predicted octanol–water partition coefficient (Wildman–Crippen LogP) is 4.15. The number of ether oxygens (including phenoxy) is 1. The molecule has 0 spiro atoms. The van der Waals surface area contributed by atoms with Gasteiger partial charge in [0, 0.05) is 5.56 Å². The van der Waals surface area contributed by atoms with Crippen molar-refractivity contribution >= 4 is 0 Å². The van der Waals surface area contributed by atoms with E-state index in [0.29, 0.717) is 11.1 Å². The summed E-state index contributed by atoms with van der Waals surface area (Å²) in [6.45, 7) is 6.48. The number of hydrogen-bond donors (Lipinski definition) is 1. The summed E-state index contributed by atoms with van der Waals surface area (Å²) in [5.74, 6) is 0.706. The third kappa shape index (κ3) is 3.24. The van der Waals surface area contributed by atoms with Crippen molar-refractivity contribution in [2.45, 2.75) is 26.8 Å². The summed E-state index contributed by atoms with van der Waals surface area (Å²) in [6.07, 6.45) is 0. The van der Waals surface area contributed by atoms with Crippen LogP contribution in [0.25, 0.3) is 0 Å². The van der Waals surface area contributed by atoms with Crippen LogP contribution in [-0.2, 0) is 0 Å². The van der Waals surface area contributed by atoms with Crippen molar-refractivity contribution in [2.75, 3.05) is 13.7 Å². The Bertz CT molecular complexity index is 601. The molecule has 0 aliphatic heterocycles. The molecule has 3 heteroatoms. The minimum atomic E-state index is -0.131. The van der Waals surface area contributed by atoms with Crippen molar-refractivity contribution in [3.8, 4) is 5.75 Å². The number of para-hydroxylation sites is 1. The van der Waals surface area contributed by atoms with E-state index in [1.165, 1.54) is 0 Å². The molecule has 2 aromatic rings. The molecule has 0 heterocycles. The molecular weight excluding hydrogens is 265 g/mol. The van der Waals surface area contributed by atoms with Gasteiger partial charge in [0.05, 0.1) is 13.2 Å². The molecule has 0 aromatic heterocycles. The third-order valence-corrected chi connectivity index (χ3v) is 3.65. The fourth-order valence-electron chi connectivity index (χ4n) is 2.66. The van der Waals surface area contributed by atoms with E-state index < -0.39 is 0 Å². The molecule has 0 amide bonds. The summed E-state index contributed by atoms with van der Waals surface area (Å²) >= 11 is 0. The minimum absolute atomic E-state index is 0.0100. The van der Waals surface area contributed by atoms with Gasteiger partial charge in [0.1, 0.15) is 11.6 Å². The Kier molecular flexibility index (Phi) is 4.97. The molecule has 21 heavy (non-hydrogen) atoms. The lowest BCUT2D eigenvalue weighted by Crippen LogP contribution is -2.23. The van der Waals surface area contributed by atoms with Gasteiger partial charge in [-0.3, -0.25) is 0 Å². The van der Waals surface area contributed by atoms with Crippen LogP contribution in [0.1, 0.15) is 35.2 Å². The molecule has 0 fully saturated rings. The van der Waals surface area contributed by atoms with E-state index in [9.17, 15) is 4.39 Å². The van der Waals surface area contributed by atoms with E-state index >= 15 is 0 Å². The van der Waals surface area contributed by atoms with Crippen LogP contribution >= 0.6 is 0 Å². The molecule has 112 valence electrons. The number of rotatable bonds is 5. The summed E-state index contributed by atoms with van der Waals surface area (Å²) < 4.78 is 19.3. The van der Waals surface area contributed by atoms with E-state index in [1.807, 2.05) is 36.4 Å². The zero-order chi connectivity index (χ0) is 15.4. The summed E-state index contributed by atoms with van der Waals surface area (Å²) in [6, 6.07) is 11.7. The fourth-order valence-corrected chi connectivity index (χ4v) is 2.66. The van der Waals surface area contributed by atoms with Crippen LogP contribution in [0.4, 0.5) is 4.39 Å². The Hall–Kier alpha value is -1.87. The van der Waals surface area contributed by atoms with Gasteiger partial charge in [0.15, 0.2) is 0 Å². The molecule has 1 atom stereocenters. The van der Waals surface area contributed by atoms with Crippen molar-refractivity contribution in [2.24, 2.45) is 0 Å². The van der Waals surface area contributed by atoms with E-state index in [-0.39, 0.29) is 11.9 Å².